The van der Waals surface area contributed by atoms with Crippen molar-refractivity contribution < 1.29 is 19.4 Å². The van der Waals surface area contributed by atoms with Gasteiger partial charge in [-0.1, -0.05) is 18.2 Å². The smallest absolute Gasteiger partial charge is 0.412 e. The van der Waals surface area contributed by atoms with Crippen molar-refractivity contribution in [2.75, 3.05) is 11.9 Å². The second-order valence-electron chi connectivity index (χ2n) is 7.55. The van der Waals surface area contributed by atoms with E-state index < -0.39 is 17.7 Å². The Kier molecular flexibility index (Phi) is 5.19. The van der Waals surface area contributed by atoms with Crippen molar-refractivity contribution in [3.05, 3.63) is 53.1 Å². The Labute approximate surface area is 158 Å². The quantitative estimate of drug-likeness (QED) is 0.761. The standard InChI is InChI=1S/C21H24N2O4/c1-21(2,3)27-20(26)23-18-9-8-15(16-10-11-22-12-17(16)18)13-4-6-14(7-5-13)19(24)25/h4-9,22H,10-12H2,1-3H3,(H,23,26)(H,24,25). The molecule has 0 bridgehead atoms. The number of aromatic carboxylic acids is 1. The van der Waals surface area contributed by atoms with Crippen LogP contribution in [0.15, 0.2) is 36.4 Å². The molecule has 1 aliphatic rings. The molecule has 0 fully saturated rings. The Bertz CT molecular complexity index is 867. The van der Waals surface area contributed by atoms with E-state index >= 15 is 0 Å². The van der Waals surface area contributed by atoms with Crippen LogP contribution in [0.3, 0.4) is 0 Å². The summed E-state index contributed by atoms with van der Waals surface area (Å²) in [6.07, 6.45) is 0.351. The number of fused-ring (bicyclic) bond motifs is 1. The minimum Gasteiger partial charge on any atom is -0.478 e. The SMILES string of the molecule is CC(C)(C)OC(=O)Nc1ccc(-c2ccc(C(=O)O)cc2)c2c1CNCC2. The fourth-order valence-electron chi connectivity index (χ4n) is 3.20. The Morgan fingerprint density at radius 3 is 2.41 bits per heavy atom. The van der Waals surface area contributed by atoms with Crippen molar-refractivity contribution in [2.24, 2.45) is 0 Å². The molecule has 0 saturated heterocycles. The normalized spacial score (nSPS) is 13.6. The molecule has 1 amide bonds. The summed E-state index contributed by atoms with van der Waals surface area (Å²) in [4.78, 5) is 23.2. The van der Waals surface area contributed by atoms with Crippen molar-refractivity contribution in [2.45, 2.75) is 39.3 Å². The van der Waals surface area contributed by atoms with Crippen LogP contribution in [0.5, 0.6) is 0 Å². The first-order chi connectivity index (χ1) is 12.7. The van der Waals surface area contributed by atoms with E-state index in [0.717, 1.165) is 40.9 Å². The number of rotatable bonds is 3. The third-order valence-electron chi connectivity index (χ3n) is 4.36. The molecule has 142 valence electrons. The summed E-state index contributed by atoms with van der Waals surface area (Å²) in [5.74, 6) is -0.940. The number of ether oxygens (including phenoxy) is 1. The van der Waals surface area contributed by atoms with E-state index in [1.165, 1.54) is 0 Å². The van der Waals surface area contributed by atoms with E-state index in [0.29, 0.717) is 6.54 Å². The highest BCUT2D eigenvalue weighted by Crippen LogP contribution is 2.33. The van der Waals surface area contributed by atoms with Crippen LogP contribution in [-0.2, 0) is 17.7 Å². The molecule has 3 rings (SSSR count). The number of benzene rings is 2. The van der Waals surface area contributed by atoms with Gasteiger partial charge in [0.05, 0.1) is 5.56 Å². The lowest BCUT2D eigenvalue weighted by atomic mass is 9.90. The van der Waals surface area contributed by atoms with Gasteiger partial charge in [0.1, 0.15) is 5.60 Å². The maximum atomic E-state index is 12.2. The lowest BCUT2D eigenvalue weighted by Crippen LogP contribution is -2.29. The maximum absolute atomic E-state index is 12.2. The summed E-state index contributed by atoms with van der Waals surface area (Å²) in [6, 6.07) is 10.7. The summed E-state index contributed by atoms with van der Waals surface area (Å²) in [5.41, 5.74) is 4.64. The first-order valence-corrected chi connectivity index (χ1v) is 8.94. The number of hydrogen-bond acceptors (Lipinski definition) is 4. The molecule has 1 aliphatic heterocycles. The molecule has 0 atom stereocenters. The van der Waals surface area contributed by atoms with E-state index in [9.17, 15) is 9.59 Å². The molecule has 0 radical (unpaired) electrons. The van der Waals surface area contributed by atoms with Crippen LogP contribution in [0.4, 0.5) is 10.5 Å². The van der Waals surface area contributed by atoms with Crippen LogP contribution in [0.25, 0.3) is 11.1 Å². The third kappa shape index (κ3) is 4.46. The Morgan fingerprint density at radius 1 is 1.07 bits per heavy atom. The molecule has 2 aromatic carbocycles. The van der Waals surface area contributed by atoms with E-state index in [1.54, 1.807) is 12.1 Å². The minimum atomic E-state index is -0.940. The number of amides is 1. The van der Waals surface area contributed by atoms with Crippen LogP contribution in [0, 0.1) is 0 Å². The fourth-order valence-corrected chi connectivity index (χ4v) is 3.20. The molecular formula is C21H24N2O4. The highest BCUT2D eigenvalue weighted by atomic mass is 16.6. The largest absolute Gasteiger partial charge is 0.478 e. The lowest BCUT2D eigenvalue weighted by Gasteiger charge is -2.25. The Balaban J connectivity index is 1.94. The van der Waals surface area contributed by atoms with Crippen LogP contribution in [0.2, 0.25) is 0 Å². The van der Waals surface area contributed by atoms with Crippen molar-refractivity contribution in [1.82, 2.24) is 5.32 Å². The van der Waals surface area contributed by atoms with Crippen molar-refractivity contribution in [3.8, 4) is 11.1 Å². The number of hydrogen-bond donors (Lipinski definition) is 3. The molecule has 3 N–H and O–H groups in total. The lowest BCUT2D eigenvalue weighted by molar-refractivity contribution is 0.0634. The second kappa shape index (κ2) is 7.40. The number of carboxylic acids is 1. The summed E-state index contributed by atoms with van der Waals surface area (Å²) in [7, 11) is 0. The van der Waals surface area contributed by atoms with Gasteiger partial charge < -0.3 is 15.2 Å². The molecule has 27 heavy (non-hydrogen) atoms. The van der Waals surface area contributed by atoms with Gasteiger partial charge in [0.2, 0.25) is 0 Å². The van der Waals surface area contributed by atoms with Crippen molar-refractivity contribution in [1.29, 1.82) is 0 Å². The molecule has 0 aliphatic carbocycles. The summed E-state index contributed by atoms with van der Waals surface area (Å²) in [6.45, 7) is 6.99. The third-order valence-corrected chi connectivity index (χ3v) is 4.36. The predicted octanol–water partition coefficient (Wildman–Crippen LogP) is 4.04. The van der Waals surface area contributed by atoms with Crippen LogP contribution in [0.1, 0.15) is 42.3 Å². The number of carbonyl (C=O) groups excluding carboxylic acids is 1. The summed E-state index contributed by atoms with van der Waals surface area (Å²) >= 11 is 0. The first kappa shape index (κ1) is 18.9. The zero-order chi connectivity index (χ0) is 19.6. The molecule has 1 heterocycles. The van der Waals surface area contributed by atoms with E-state index in [1.807, 2.05) is 45.0 Å². The van der Waals surface area contributed by atoms with Crippen LogP contribution < -0.4 is 10.6 Å². The zero-order valence-corrected chi connectivity index (χ0v) is 15.8. The highest BCUT2D eigenvalue weighted by molar-refractivity contribution is 5.89. The zero-order valence-electron chi connectivity index (χ0n) is 15.8. The molecular weight excluding hydrogens is 344 g/mol. The first-order valence-electron chi connectivity index (χ1n) is 8.94. The minimum absolute atomic E-state index is 0.262. The van der Waals surface area contributed by atoms with Gasteiger partial charge >= 0.3 is 12.1 Å². The van der Waals surface area contributed by atoms with E-state index in [2.05, 4.69) is 10.6 Å². The van der Waals surface area contributed by atoms with E-state index in [-0.39, 0.29) is 5.56 Å². The van der Waals surface area contributed by atoms with Crippen LogP contribution in [-0.4, -0.2) is 29.3 Å². The molecule has 0 unspecified atom stereocenters. The number of carbonyl (C=O) groups is 2. The Hall–Kier alpha value is -2.86. The molecule has 0 saturated carbocycles. The van der Waals surface area contributed by atoms with Gasteiger partial charge in [-0.25, -0.2) is 9.59 Å². The van der Waals surface area contributed by atoms with Gasteiger partial charge in [-0.05, 0) is 74.2 Å². The average Bonchev–Trinajstić information content (AvgIpc) is 2.60. The molecule has 0 aromatic heterocycles. The fraction of sp³-hybridized carbons (Fsp3) is 0.333. The molecule has 0 spiro atoms. The van der Waals surface area contributed by atoms with Gasteiger partial charge in [-0.15, -0.1) is 0 Å². The molecule has 6 heteroatoms. The van der Waals surface area contributed by atoms with Gasteiger partial charge in [0, 0.05) is 12.2 Å². The van der Waals surface area contributed by atoms with Gasteiger partial charge in [0.15, 0.2) is 0 Å². The Morgan fingerprint density at radius 2 is 1.78 bits per heavy atom. The average molecular weight is 368 g/mol. The highest BCUT2D eigenvalue weighted by Gasteiger charge is 2.21. The number of nitrogens with one attached hydrogen (secondary N) is 2. The molecule has 2 aromatic rings. The van der Waals surface area contributed by atoms with Crippen LogP contribution >= 0.6 is 0 Å². The van der Waals surface area contributed by atoms with E-state index in [4.69, 9.17) is 9.84 Å². The maximum Gasteiger partial charge on any atom is 0.412 e. The van der Waals surface area contributed by atoms with Crippen molar-refractivity contribution in [3.63, 3.8) is 0 Å². The monoisotopic (exact) mass is 368 g/mol. The number of carboxylic acid groups (broad SMARTS) is 1. The topological polar surface area (TPSA) is 87.7 Å². The number of anilines is 1. The summed E-state index contributed by atoms with van der Waals surface area (Å²) < 4.78 is 5.36. The summed E-state index contributed by atoms with van der Waals surface area (Å²) in [5, 5.41) is 15.3. The second-order valence-corrected chi connectivity index (χ2v) is 7.55. The van der Waals surface area contributed by atoms with Gasteiger partial charge in [-0.3, -0.25) is 5.32 Å². The predicted molar refractivity (Wildman–Crippen MR) is 104 cm³/mol. The van der Waals surface area contributed by atoms with Gasteiger partial charge in [-0.2, -0.15) is 0 Å². The molecule has 6 nitrogen and oxygen atoms in total. The van der Waals surface area contributed by atoms with Crippen molar-refractivity contribution >= 4 is 17.7 Å². The van der Waals surface area contributed by atoms with Gasteiger partial charge in [0.25, 0.3) is 0 Å².